The Kier molecular flexibility index (Phi) is 3.04. The zero-order valence-electron chi connectivity index (χ0n) is 9.05. The van der Waals surface area contributed by atoms with Crippen molar-refractivity contribution in [3.05, 3.63) is 17.5 Å². The van der Waals surface area contributed by atoms with Gasteiger partial charge in [-0.25, -0.2) is 0 Å². The maximum atomic E-state index is 11.6. The summed E-state index contributed by atoms with van der Waals surface area (Å²) < 4.78 is 0. The number of carbonyl (C=O) groups excluding carboxylic acids is 1. The Balaban J connectivity index is 1.86. The Morgan fingerprint density at radius 2 is 2.47 bits per heavy atom. The molecule has 1 amide bonds. The number of hydrogen-bond donors (Lipinski definition) is 2. The standard InChI is InChI=1S/C11H17N3O/c1-2-3-9-6-10(14-13-9)11(15)12-7-8-4-5-8/h6,8H,2-5,7H2,1H3,(H,12,15)(H,13,14). The van der Waals surface area contributed by atoms with Crippen LogP contribution in [0.15, 0.2) is 6.07 Å². The quantitative estimate of drug-likeness (QED) is 0.768. The fraction of sp³-hybridized carbons (Fsp3) is 0.636. The van der Waals surface area contributed by atoms with Crippen LogP contribution in [0.2, 0.25) is 0 Å². The van der Waals surface area contributed by atoms with Crippen molar-refractivity contribution in [2.75, 3.05) is 6.54 Å². The van der Waals surface area contributed by atoms with Gasteiger partial charge in [-0.1, -0.05) is 13.3 Å². The normalized spacial score (nSPS) is 15.3. The number of hydrogen-bond acceptors (Lipinski definition) is 2. The second-order valence-electron chi connectivity index (χ2n) is 4.18. The summed E-state index contributed by atoms with van der Waals surface area (Å²) in [5.41, 5.74) is 1.55. The summed E-state index contributed by atoms with van der Waals surface area (Å²) in [6, 6.07) is 1.84. The van der Waals surface area contributed by atoms with Gasteiger partial charge in [-0.05, 0) is 31.2 Å². The smallest absolute Gasteiger partial charge is 0.271 e. The molecule has 0 saturated heterocycles. The molecule has 0 bridgehead atoms. The van der Waals surface area contributed by atoms with Crippen molar-refractivity contribution >= 4 is 5.91 Å². The summed E-state index contributed by atoms with van der Waals surface area (Å²) in [6.07, 6.45) is 4.51. The average Bonchev–Trinajstić information content (AvgIpc) is 2.94. The van der Waals surface area contributed by atoms with Crippen molar-refractivity contribution in [3.63, 3.8) is 0 Å². The highest BCUT2D eigenvalue weighted by molar-refractivity contribution is 5.92. The summed E-state index contributed by atoms with van der Waals surface area (Å²) in [5, 5.41) is 9.77. The first-order valence-corrected chi connectivity index (χ1v) is 5.62. The van der Waals surface area contributed by atoms with Gasteiger partial charge in [0.1, 0.15) is 5.69 Å². The number of rotatable bonds is 5. The molecule has 0 radical (unpaired) electrons. The van der Waals surface area contributed by atoms with E-state index in [1.165, 1.54) is 12.8 Å². The number of nitrogens with one attached hydrogen (secondary N) is 2. The molecule has 2 rings (SSSR count). The summed E-state index contributed by atoms with van der Waals surface area (Å²) in [7, 11) is 0. The minimum Gasteiger partial charge on any atom is -0.350 e. The molecule has 15 heavy (non-hydrogen) atoms. The maximum absolute atomic E-state index is 11.6. The Morgan fingerprint density at radius 1 is 1.67 bits per heavy atom. The van der Waals surface area contributed by atoms with Crippen LogP contribution in [0, 0.1) is 5.92 Å². The third-order valence-corrected chi connectivity index (χ3v) is 2.63. The van der Waals surface area contributed by atoms with Crippen LogP contribution in [-0.2, 0) is 6.42 Å². The Labute approximate surface area is 89.5 Å². The first kappa shape index (κ1) is 10.2. The molecule has 1 fully saturated rings. The number of aromatic nitrogens is 2. The van der Waals surface area contributed by atoms with Crippen molar-refractivity contribution in [3.8, 4) is 0 Å². The summed E-state index contributed by atoms with van der Waals surface area (Å²) in [5.74, 6) is 0.656. The lowest BCUT2D eigenvalue weighted by atomic mass is 10.2. The largest absolute Gasteiger partial charge is 0.350 e. The van der Waals surface area contributed by atoms with E-state index in [-0.39, 0.29) is 5.91 Å². The van der Waals surface area contributed by atoms with Crippen LogP contribution >= 0.6 is 0 Å². The lowest BCUT2D eigenvalue weighted by Crippen LogP contribution is -2.25. The van der Waals surface area contributed by atoms with Gasteiger partial charge in [0, 0.05) is 12.2 Å². The van der Waals surface area contributed by atoms with E-state index in [4.69, 9.17) is 0 Å². The molecule has 0 spiro atoms. The molecule has 1 aliphatic carbocycles. The fourth-order valence-corrected chi connectivity index (χ4v) is 1.52. The van der Waals surface area contributed by atoms with Gasteiger partial charge in [0.2, 0.25) is 0 Å². The summed E-state index contributed by atoms with van der Waals surface area (Å²) >= 11 is 0. The van der Waals surface area contributed by atoms with E-state index < -0.39 is 0 Å². The van der Waals surface area contributed by atoms with E-state index in [0.29, 0.717) is 11.6 Å². The van der Waals surface area contributed by atoms with Crippen molar-refractivity contribution in [1.29, 1.82) is 0 Å². The lowest BCUT2D eigenvalue weighted by molar-refractivity contribution is 0.0947. The first-order valence-electron chi connectivity index (χ1n) is 5.62. The van der Waals surface area contributed by atoms with Crippen LogP contribution in [0.4, 0.5) is 0 Å². The molecule has 0 aromatic carbocycles. The predicted molar refractivity (Wildman–Crippen MR) is 57.6 cm³/mol. The number of aryl methyl sites for hydroxylation is 1. The van der Waals surface area contributed by atoms with Crippen molar-refractivity contribution < 1.29 is 4.79 Å². The third kappa shape index (κ3) is 2.81. The van der Waals surface area contributed by atoms with Crippen molar-refractivity contribution in [2.24, 2.45) is 5.92 Å². The van der Waals surface area contributed by atoms with Gasteiger partial charge in [-0.15, -0.1) is 0 Å². The van der Waals surface area contributed by atoms with Gasteiger partial charge in [0.25, 0.3) is 5.91 Å². The monoisotopic (exact) mass is 207 g/mol. The predicted octanol–water partition coefficient (Wildman–Crippen LogP) is 1.50. The lowest BCUT2D eigenvalue weighted by Gasteiger charge is -1.99. The van der Waals surface area contributed by atoms with Crippen LogP contribution in [0.25, 0.3) is 0 Å². The van der Waals surface area contributed by atoms with Gasteiger partial charge in [-0.3, -0.25) is 9.89 Å². The average molecular weight is 207 g/mol. The molecule has 4 heteroatoms. The molecular formula is C11H17N3O. The second-order valence-corrected chi connectivity index (χ2v) is 4.18. The zero-order valence-corrected chi connectivity index (χ0v) is 9.05. The number of carbonyl (C=O) groups is 1. The molecule has 0 aliphatic heterocycles. The van der Waals surface area contributed by atoms with Crippen LogP contribution in [0.3, 0.4) is 0 Å². The van der Waals surface area contributed by atoms with Crippen LogP contribution in [0.1, 0.15) is 42.4 Å². The SMILES string of the molecule is CCCc1cc(C(=O)NCC2CC2)n[nH]1. The Morgan fingerprint density at radius 3 is 3.13 bits per heavy atom. The van der Waals surface area contributed by atoms with E-state index in [0.717, 1.165) is 25.1 Å². The summed E-state index contributed by atoms with van der Waals surface area (Å²) in [4.78, 5) is 11.6. The van der Waals surface area contributed by atoms with E-state index in [2.05, 4.69) is 22.4 Å². The van der Waals surface area contributed by atoms with Crippen LogP contribution in [0.5, 0.6) is 0 Å². The van der Waals surface area contributed by atoms with E-state index in [9.17, 15) is 4.79 Å². The summed E-state index contributed by atoms with van der Waals surface area (Å²) in [6.45, 7) is 2.91. The topological polar surface area (TPSA) is 57.8 Å². The second kappa shape index (κ2) is 4.47. The molecule has 0 unspecified atom stereocenters. The highest BCUT2D eigenvalue weighted by Gasteiger charge is 2.22. The molecule has 82 valence electrons. The van der Waals surface area contributed by atoms with Gasteiger partial charge < -0.3 is 5.32 Å². The molecule has 1 aromatic rings. The van der Waals surface area contributed by atoms with E-state index in [1.807, 2.05) is 6.07 Å². The molecular weight excluding hydrogens is 190 g/mol. The zero-order chi connectivity index (χ0) is 10.7. The third-order valence-electron chi connectivity index (χ3n) is 2.63. The Hall–Kier alpha value is -1.32. The first-order chi connectivity index (χ1) is 7.29. The van der Waals surface area contributed by atoms with Crippen molar-refractivity contribution in [2.45, 2.75) is 32.6 Å². The Bertz CT molecular complexity index is 341. The van der Waals surface area contributed by atoms with E-state index >= 15 is 0 Å². The molecule has 1 aromatic heterocycles. The molecule has 1 saturated carbocycles. The number of H-pyrrole nitrogens is 1. The minimum absolute atomic E-state index is 0.0551. The van der Waals surface area contributed by atoms with Gasteiger partial charge in [0.05, 0.1) is 0 Å². The maximum Gasteiger partial charge on any atom is 0.271 e. The molecule has 1 aliphatic rings. The molecule has 1 heterocycles. The highest BCUT2D eigenvalue weighted by atomic mass is 16.1. The molecule has 0 atom stereocenters. The van der Waals surface area contributed by atoms with Gasteiger partial charge in [-0.2, -0.15) is 5.10 Å². The molecule has 4 nitrogen and oxygen atoms in total. The van der Waals surface area contributed by atoms with Gasteiger partial charge >= 0.3 is 0 Å². The van der Waals surface area contributed by atoms with Crippen LogP contribution in [-0.4, -0.2) is 22.6 Å². The van der Waals surface area contributed by atoms with E-state index in [1.54, 1.807) is 0 Å². The highest BCUT2D eigenvalue weighted by Crippen LogP contribution is 2.27. The van der Waals surface area contributed by atoms with Gasteiger partial charge in [0.15, 0.2) is 0 Å². The molecule has 2 N–H and O–H groups in total. The fourth-order valence-electron chi connectivity index (χ4n) is 1.52. The number of amides is 1. The number of nitrogens with zero attached hydrogens (tertiary/aromatic N) is 1. The van der Waals surface area contributed by atoms with Crippen LogP contribution < -0.4 is 5.32 Å². The van der Waals surface area contributed by atoms with Crippen molar-refractivity contribution in [1.82, 2.24) is 15.5 Å². The number of aromatic amines is 1. The minimum atomic E-state index is -0.0551.